The maximum Gasteiger partial charge on any atom is 0.338 e. The molecular formula is C29H22ClN3O7S2. The van der Waals surface area contributed by atoms with E-state index in [1.807, 2.05) is 0 Å². The van der Waals surface area contributed by atoms with Gasteiger partial charge in [-0.25, -0.2) is 9.69 Å². The number of hydrogen-bond donors (Lipinski definition) is 1. The molecule has 42 heavy (non-hydrogen) atoms. The second-order valence-electron chi connectivity index (χ2n) is 9.52. The average Bonchev–Trinajstić information content (AvgIpc) is 3.67. The van der Waals surface area contributed by atoms with Crippen molar-refractivity contribution in [3.8, 4) is 0 Å². The number of carbonyl (C=O) groups is 4. The van der Waals surface area contributed by atoms with E-state index in [4.69, 9.17) is 20.8 Å². The summed E-state index contributed by atoms with van der Waals surface area (Å²) in [4.78, 5) is 66.9. The van der Waals surface area contributed by atoms with Crippen LogP contribution in [0.3, 0.4) is 0 Å². The quantitative estimate of drug-likeness (QED) is 0.230. The van der Waals surface area contributed by atoms with E-state index in [1.54, 1.807) is 55.5 Å². The second kappa shape index (κ2) is 11.3. The molecule has 3 amide bonds. The number of esters is 1. The summed E-state index contributed by atoms with van der Waals surface area (Å²) in [5, 5.41) is 2.81. The van der Waals surface area contributed by atoms with Crippen LogP contribution in [0.25, 0.3) is 0 Å². The highest BCUT2D eigenvalue weighted by Gasteiger charge is 2.57. The molecular weight excluding hydrogens is 602 g/mol. The number of rotatable bonds is 7. The molecule has 13 heteroatoms. The molecule has 3 atom stereocenters. The lowest BCUT2D eigenvalue weighted by Crippen LogP contribution is -2.32. The normalized spacial score (nSPS) is 19.4. The highest BCUT2D eigenvalue weighted by atomic mass is 35.5. The minimum atomic E-state index is -0.838. The van der Waals surface area contributed by atoms with Gasteiger partial charge in [0.15, 0.2) is 0 Å². The Labute approximate surface area is 252 Å². The molecule has 0 spiro atoms. The zero-order valence-electron chi connectivity index (χ0n) is 21.9. The van der Waals surface area contributed by atoms with Crippen LogP contribution < -0.4 is 15.1 Å². The van der Waals surface area contributed by atoms with Crippen LogP contribution in [-0.2, 0) is 25.7 Å². The van der Waals surface area contributed by atoms with E-state index in [1.165, 1.54) is 23.0 Å². The highest BCUT2D eigenvalue weighted by molar-refractivity contribution is 8.00. The van der Waals surface area contributed by atoms with Crippen molar-refractivity contribution in [2.45, 2.75) is 29.7 Å². The molecule has 1 N–H and O–H groups in total. The first kappa shape index (κ1) is 28.0. The van der Waals surface area contributed by atoms with E-state index in [9.17, 15) is 24.0 Å². The summed E-state index contributed by atoms with van der Waals surface area (Å²) in [6, 6.07) is 16.0. The van der Waals surface area contributed by atoms with Gasteiger partial charge in [0.1, 0.15) is 17.6 Å². The predicted molar refractivity (Wildman–Crippen MR) is 157 cm³/mol. The van der Waals surface area contributed by atoms with E-state index in [2.05, 4.69) is 5.32 Å². The maximum absolute atomic E-state index is 13.8. The number of thiazole rings is 1. The van der Waals surface area contributed by atoms with Gasteiger partial charge < -0.3 is 14.5 Å². The fraction of sp³-hybridized carbons (Fsp3) is 0.207. The number of imide groups is 1. The molecule has 2 aromatic carbocycles. The van der Waals surface area contributed by atoms with Gasteiger partial charge in [-0.15, -0.1) is 0 Å². The smallest absolute Gasteiger partial charge is 0.338 e. The van der Waals surface area contributed by atoms with Gasteiger partial charge in [-0.1, -0.05) is 34.7 Å². The lowest BCUT2D eigenvalue weighted by molar-refractivity contribution is -0.122. The average molecular weight is 624 g/mol. The van der Waals surface area contributed by atoms with Crippen LogP contribution in [0.4, 0.5) is 11.4 Å². The lowest BCUT2D eigenvalue weighted by atomic mass is 9.87. The zero-order chi connectivity index (χ0) is 29.5. The van der Waals surface area contributed by atoms with Crippen LogP contribution in [0.5, 0.6) is 0 Å². The standard InChI is InChI=1S/C29H22ClN3O7S2/c1-2-39-28(37)15-5-9-17(10-6-15)31-20(34)14-32-27-24(42-29(32)38)21(19-4-3-13-40-19)22-23(41-27)26(36)33(25(22)35)18-11-7-16(30)8-12-18/h3-13,21-23H,2,14H2,1H3,(H,31,34)/t21-,22-,23+/m0/s1. The van der Waals surface area contributed by atoms with E-state index in [0.29, 0.717) is 37.6 Å². The molecule has 0 bridgehead atoms. The number of aromatic nitrogens is 1. The van der Waals surface area contributed by atoms with E-state index >= 15 is 0 Å². The van der Waals surface area contributed by atoms with Gasteiger partial charge >= 0.3 is 10.8 Å². The third-order valence-corrected chi connectivity index (χ3v) is 9.82. The summed E-state index contributed by atoms with van der Waals surface area (Å²) >= 11 is 8.06. The van der Waals surface area contributed by atoms with Crippen molar-refractivity contribution in [3.05, 3.63) is 97.8 Å². The predicted octanol–water partition coefficient (Wildman–Crippen LogP) is 4.77. The molecule has 214 valence electrons. The fourth-order valence-corrected chi connectivity index (χ4v) is 8.00. The third kappa shape index (κ3) is 4.95. The number of hydrogen-bond acceptors (Lipinski definition) is 9. The summed E-state index contributed by atoms with van der Waals surface area (Å²) < 4.78 is 12.0. The largest absolute Gasteiger partial charge is 0.469 e. The summed E-state index contributed by atoms with van der Waals surface area (Å²) in [6.07, 6.45) is 1.48. The number of nitrogens with zero attached hydrogens (tertiary/aromatic N) is 2. The monoisotopic (exact) mass is 623 g/mol. The van der Waals surface area contributed by atoms with Crippen LogP contribution in [0.15, 0.2) is 81.2 Å². The first-order chi connectivity index (χ1) is 20.3. The van der Waals surface area contributed by atoms with Crippen LogP contribution in [0.2, 0.25) is 5.02 Å². The Morgan fingerprint density at radius 3 is 2.43 bits per heavy atom. The van der Waals surface area contributed by atoms with E-state index in [-0.39, 0.29) is 13.2 Å². The van der Waals surface area contributed by atoms with Crippen LogP contribution in [0, 0.1) is 5.92 Å². The Balaban J connectivity index is 1.30. The first-order valence-corrected chi connectivity index (χ1v) is 15.0. The molecule has 2 aliphatic rings. The number of ether oxygens (including phenoxy) is 1. The van der Waals surface area contributed by atoms with Gasteiger partial charge in [0.05, 0.1) is 45.9 Å². The van der Waals surface area contributed by atoms with Gasteiger partial charge in [0, 0.05) is 10.7 Å². The molecule has 1 fully saturated rings. The molecule has 0 radical (unpaired) electrons. The molecule has 2 aromatic heterocycles. The molecule has 10 nitrogen and oxygen atoms in total. The number of halogens is 1. The van der Waals surface area contributed by atoms with Gasteiger partial charge in [-0.05, 0) is 67.6 Å². The van der Waals surface area contributed by atoms with E-state index in [0.717, 1.165) is 28.0 Å². The second-order valence-corrected chi connectivity index (χ2v) is 12.1. The summed E-state index contributed by atoms with van der Waals surface area (Å²) in [5.74, 6) is -2.81. The number of nitrogens with one attached hydrogen (secondary N) is 1. The van der Waals surface area contributed by atoms with Gasteiger partial charge in [-0.2, -0.15) is 0 Å². The van der Waals surface area contributed by atoms with Crippen molar-refractivity contribution < 1.29 is 28.3 Å². The third-order valence-electron chi connectivity index (χ3n) is 6.97. The highest BCUT2D eigenvalue weighted by Crippen LogP contribution is 2.53. The van der Waals surface area contributed by atoms with Crippen molar-refractivity contribution in [1.82, 2.24) is 4.57 Å². The number of furan rings is 1. The first-order valence-electron chi connectivity index (χ1n) is 12.9. The molecule has 0 unspecified atom stereocenters. The number of amides is 3. The molecule has 0 saturated carbocycles. The van der Waals surface area contributed by atoms with Crippen LogP contribution in [0.1, 0.15) is 33.8 Å². The Bertz CT molecular complexity index is 1750. The minimum Gasteiger partial charge on any atom is -0.469 e. The molecule has 6 rings (SSSR count). The van der Waals surface area contributed by atoms with Gasteiger partial charge in [0.25, 0.3) is 0 Å². The number of benzene rings is 2. The van der Waals surface area contributed by atoms with Crippen molar-refractivity contribution >= 4 is 69.8 Å². The molecule has 4 aromatic rings. The van der Waals surface area contributed by atoms with Gasteiger partial charge in [-0.3, -0.25) is 23.7 Å². The Morgan fingerprint density at radius 2 is 1.76 bits per heavy atom. The van der Waals surface area contributed by atoms with Crippen molar-refractivity contribution in [1.29, 1.82) is 0 Å². The summed E-state index contributed by atoms with van der Waals surface area (Å²) in [5.41, 5.74) is 1.18. The van der Waals surface area contributed by atoms with Crippen LogP contribution >= 0.6 is 34.7 Å². The fourth-order valence-electron chi connectivity index (χ4n) is 5.12. The lowest BCUT2D eigenvalue weighted by Gasteiger charge is -2.29. The van der Waals surface area contributed by atoms with E-state index < -0.39 is 45.6 Å². The molecule has 0 aliphatic carbocycles. The van der Waals surface area contributed by atoms with Gasteiger partial charge in [0.2, 0.25) is 17.7 Å². The Kier molecular flexibility index (Phi) is 7.52. The van der Waals surface area contributed by atoms with Crippen LogP contribution in [-0.4, -0.2) is 40.1 Å². The SMILES string of the molecule is CCOC(=O)c1ccc(NC(=O)Cn2c3c(sc2=O)[C@@H](c2ccco2)[C@@H]2C(=O)N(c4ccc(Cl)cc4)C(=O)[C@@H]2S3)cc1. The number of thioether (sulfide) groups is 1. The number of carbonyl (C=O) groups excluding carboxylic acids is 4. The topological polar surface area (TPSA) is 128 Å². The zero-order valence-corrected chi connectivity index (χ0v) is 24.3. The van der Waals surface area contributed by atoms with Crippen molar-refractivity contribution in [3.63, 3.8) is 0 Å². The maximum atomic E-state index is 13.8. The minimum absolute atomic E-state index is 0.246. The number of fused-ring (bicyclic) bond motifs is 2. The summed E-state index contributed by atoms with van der Waals surface area (Å²) in [7, 11) is 0. The Hall–Kier alpha value is -4.13. The molecule has 4 heterocycles. The summed E-state index contributed by atoms with van der Waals surface area (Å²) in [6.45, 7) is 1.64. The Morgan fingerprint density at radius 1 is 1.02 bits per heavy atom. The number of anilines is 2. The molecule has 1 saturated heterocycles. The van der Waals surface area contributed by atoms with Crippen molar-refractivity contribution in [2.75, 3.05) is 16.8 Å². The molecule has 2 aliphatic heterocycles. The van der Waals surface area contributed by atoms with Crippen molar-refractivity contribution in [2.24, 2.45) is 5.92 Å².